The molecule has 0 spiro atoms. The number of nitrogens with zero attached hydrogens (tertiary/aromatic N) is 3. The third-order valence-corrected chi connectivity index (χ3v) is 10.2. The summed E-state index contributed by atoms with van der Waals surface area (Å²) in [7, 11) is 0. The number of carboxylic acids is 1. The van der Waals surface area contributed by atoms with E-state index < -0.39 is 23.2 Å². The molecule has 1 amide bonds. The van der Waals surface area contributed by atoms with Crippen molar-refractivity contribution >= 4 is 51.7 Å². The molecule has 0 radical (unpaired) electrons. The number of carbonyl (C=O) groups is 2. The third-order valence-electron chi connectivity index (χ3n) is 9.71. The molecule has 8 nitrogen and oxygen atoms in total. The molecule has 44 heavy (non-hydrogen) atoms. The second-order valence-electron chi connectivity index (χ2n) is 12.1. The van der Waals surface area contributed by atoms with E-state index in [1.54, 1.807) is 47.1 Å². The molecular formula is C33H31Cl2FN4O4. The number of aromatic carboxylic acids is 1. The zero-order valence-corrected chi connectivity index (χ0v) is 25.5. The van der Waals surface area contributed by atoms with Gasteiger partial charge in [0.2, 0.25) is 11.8 Å². The molecule has 1 saturated carbocycles. The lowest BCUT2D eigenvalue weighted by Crippen LogP contribution is -2.59. The van der Waals surface area contributed by atoms with Gasteiger partial charge in [-0.2, -0.15) is 5.10 Å². The Morgan fingerprint density at radius 2 is 1.86 bits per heavy atom. The highest BCUT2D eigenvalue weighted by atomic mass is 35.5. The first-order chi connectivity index (χ1) is 21.2. The second kappa shape index (κ2) is 11.1. The van der Waals surface area contributed by atoms with E-state index >= 15 is 4.39 Å². The molecule has 4 aromatic rings. The Balaban J connectivity index is 1.39. The highest BCUT2D eigenvalue weighted by molar-refractivity contribution is 6.31. The van der Waals surface area contributed by atoms with Gasteiger partial charge < -0.3 is 15.2 Å². The van der Waals surface area contributed by atoms with E-state index in [-0.39, 0.29) is 41.1 Å². The number of carboxylic acid groups (broad SMARTS) is 1. The van der Waals surface area contributed by atoms with Gasteiger partial charge in [-0.1, -0.05) is 54.2 Å². The Kier molecular flexibility index (Phi) is 7.30. The molecule has 1 aliphatic carbocycles. The molecule has 4 atom stereocenters. The number of hydrogen-bond donors (Lipinski definition) is 2. The van der Waals surface area contributed by atoms with E-state index in [0.29, 0.717) is 39.6 Å². The molecule has 1 saturated heterocycles. The van der Waals surface area contributed by atoms with Gasteiger partial charge in [0.05, 0.1) is 27.5 Å². The largest absolute Gasteiger partial charge is 0.478 e. The summed E-state index contributed by atoms with van der Waals surface area (Å²) in [5.41, 5.74) is 0.350. The van der Waals surface area contributed by atoms with Crippen LogP contribution in [0, 0.1) is 11.7 Å². The number of rotatable bonds is 5. The topological polar surface area (TPSA) is 96.7 Å². The summed E-state index contributed by atoms with van der Waals surface area (Å²) in [6.45, 7) is 2.49. The maximum Gasteiger partial charge on any atom is 0.335 e. The van der Waals surface area contributed by atoms with Crippen LogP contribution in [0.1, 0.15) is 54.4 Å². The number of aromatic nitrogens is 2. The van der Waals surface area contributed by atoms with E-state index in [4.69, 9.17) is 33.0 Å². The number of benzene rings is 3. The monoisotopic (exact) mass is 636 g/mol. The molecule has 2 N–H and O–H groups in total. The normalized spacial score (nSPS) is 25.3. The van der Waals surface area contributed by atoms with Crippen LogP contribution in [0.3, 0.4) is 0 Å². The molecule has 1 aromatic heterocycles. The number of ether oxygens (including phenoxy) is 1. The van der Waals surface area contributed by atoms with Gasteiger partial charge in [-0.15, -0.1) is 0 Å². The summed E-state index contributed by atoms with van der Waals surface area (Å²) in [6, 6.07) is 16.6. The number of amides is 1. The Bertz CT molecular complexity index is 1790. The van der Waals surface area contributed by atoms with E-state index in [1.165, 1.54) is 18.2 Å². The van der Waals surface area contributed by atoms with Crippen molar-refractivity contribution in [3.05, 3.63) is 87.7 Å². The molecule has 3 heterocycles. The lowest BCUT2D eigenvalue weighted by Gasteiger charge is -2.43. The highest BCUT2D eigenvalue weighted by Crippen LogP contribution is 2.55. The minimum Gasteiger partial charge on any atom is -0.478 e. The van der Waals surface area contributed by atoms with Gasteiger partial charge in [0, 0.05) is 35.1 Å². The van der Waals surface area contributed by atoms with Gasteiger partial charge in [0.25, 0.3) is 0 Å². The first-order valence-corrected chi connectivity index (χ1v) is 15.6. The SMILES string of the molecule is C[C@]1(C(=O)Nc2cccc(Cl)c2)[C@@H](c2cccc(Cl)c2F)[C@@H]2Cn3nc4cc(C(=O)O)ccc4c3OC[C@@H]2N1C1CCCC1. The van der Waals surface area contributed by atoms with E-state index in [9.17, 15) is 14.7 Å². The van der Waals surface area contributed by atoms with Crippen molar-refractivity contribution in [1.29, 1.82) is 0 Å². The van der Waals surface area contributed by atoms with Gasteiger partial charge >= 0.3 is 5.97 Å². The first-order valence-electron chi connectivity index (χ1n) is 14.8. The van der Waals surface area contributed by atoms with Crippen LogP contribution in [0.2, 0.25) is 10.0 Å². The zero-order valence-electron chi connectivity index (χ0n) is 24.0. The predicted molar refractivity (Wildman–Crippen MR) is 166 cm³/mol. The fourth-order valence-electron chi connectivity index (χ4n) is 7.87. The molecule has 0 unspecified atom stereocenters. The molecule has 11 heteroatoms. The Labute approximate surface area is 263 Å². The van der Waals surface area contributed by atoms with Gasteiger partial charge in [0.1, 0.15) is 18.0 Å². The van der Waals surface area contributed by atoms with Crippen molar-refractivity contribution in [3.63, 3.8) is 0 Å². The minimum atomic E-state index is -1.19. The molecule has 228 valence electrons. The van der Waals surface area contributed by atoms with E-state index in [2.05, 4.69) is 10.2 Å². The van der Waals surface area contributed by atoms with Crippen molar-refractivity contribution in [3.8, 4) is 5.88 Å². The highest BCUT2D eigenvalue weighted by Gasteiger charge is 2.63. The minimum absolute atomic E-state index is 0.00689. The van der Waals surface area contributed by atoms with Crippen LogP contribution in [-0.2, 0) is 11.3 Å². The average Bonchev–Trinajstić information content (AvgIpc) is 3.66. The summed E-state index contributed by atoms with van der Waals surface area (Å²) in [4.78, 5) is 28.6. The molecular weight excluding hydrogens is 606 g/mol. The van der Waals surface area contributed by atoms with Crippen LogP contribution in [0.4, 0.5) is 10.1 Å². The Morgan fingerprint density at radius 3 is 2.61 bits per heavy atom. The van der Waals surface area contributed by atoms with Crippen LogP contribution in [0.5, 0.6) is 5.88 Å². The summed E-state index contributed by atoms with van der Waals surface area (Å²) in [5.74, 6) is -2.24. The number of carbonyl (C=O) groups excluding carboxylic acids is 1. The number of fused-ring (bicyclic) bond motifs is 4. The first kappa shape index (κ1) is 29.1. The lowest BCUT2D eigenvalue weighted by atomic mass is 9.74. The number of nitrogens with one attached hydrogen (secondary N) is 1. The van der Waals surface area contributed by atoms with Gasteiger partial charge in [-0.05, 0) is 67.8 Å². The maximum atomic E-state index is 16.1. The Hall–Kier alpha value is -3.66. The molecule has 7 rings (SSSR count). The van der Waals surface area contributed by atoms with Crippen LogP contribution in [0.25, 0.3) is 10.9 Å². The molecule has 3 aromatic carbocycles. The van der Waals surface area contributed by atoms with Gasteiger partial charge in [-0.3, -0.25) is 9.69 Å². The standard InChI is InChI=1S/C33H31Cl2FN4O4/c1-33(32(43)37-20-7-4-6-19(34)15-20)28(23-10-5-11-25(35)29(23)36)24-16-39-30(22-13-12-18(31(41)42)14-26(22)38-39)44-17-27(24)40(33)21-8-2-3-9-21/h4-7,10-15,21,24,27-28H,2-3,8-9,16-17H2,1H3,(H,37,43)(H,41,42)/t24-,27+,28+,33-/m1/s1. The molecule has 2 fully saturated rings. The van der Waals surface area contributed by atoms with Crippen molar-refractivity contribution in [2.45, 2.75) is 62.7 Å². The van der Waals surface area contributed by atoms with Crippen LogP contribution in [0.15, 0.2) is 60.7 Å². The number of halogens is 3. The summed E-state index contributed by atoms with van der Waals surface area (Å²) in [6.07, 6.45) is 3.92. The quantitative estimate of drug-likeness (QED) is 0.245. The number of anilines is 1. The lowest BCUT2D eigenvalue weighted by molar-refractivity contribution is -0.129. The second-order valence-corrected chi connectivity index (χ2v) is 13.0. The number of hydrogen-bond acceptors (Lipinski definition) is 5. The molecule has 3 aliphatic rings. The molecule has 0 bridgehead atoms. The average molecular weight is 638 g/mol. The molecule has 2 aliphatic heterocycles. The summed E-state index contributed by atoms with van der Waals surface area (Å²) >= 11 is 12.6. The maximum absolute atomic E-state index is 16.1. The fraction of sp³-hybridized carbons (Fsp3) is 0.364. The number of likely N-dealkylation sites (tertiary alicyclic amines) is 1. The van der Waals surface area contributed by atoms with Gasteiger partial charge in [0.15, 0.2) is 0 Å². The van der Waals surface area contributed by atoms with Crippen molar-refractivity contribution in [2.24, 2.45) is 5.92 Å². The van der Waals surface area contributed by atoms with Crippen molar-refractivity contribution < 1.29 is 23.8 Å². The fourth-order valence-corrected chi connectivity index (χ4v) is 8.25. The van der Waals surface area contributed by atoms with Crippen LogP contribution < -0.4 is 10.1 Å². The van der Waals surface area contributed by atoms with Crippen molar-refractivity contribution in [1.82, 2.24) is 14.7 Å². The van der Waals surface area contributed by atoms with Crippen LogP contribution in [-0.4, -0.2) is 55.9 Å². The van der Waals surface area contributed by atoms with Crippen LogP contribution >= 0.6 is 23.2 Å². The summed E-state index contributed by atoms with van der Waals surface area (Å²) in [5, 5.41) is 18.6. The third kappa shape index (κ3) is 4.64. The predicted octanol–water partition coefficient (Wildman–Crippen LogP) is 7.00. The summed E-state index contributed by atoms with van der Waals surface area (Å²) < 4.78 is 24.3. The van der Waals surface area contributed by atoms with Crippen molar-refractivity contribution in [2.75, 3.05) is 11.9 Å². The Morgan fingerprint density at radius 1 is 1.09 bits per heavy atom. The zero-order chi connectivity index (χ0) is 30.7. The van der Waals surface area contributed by atoms with E-state index in [1.807, 2.05) is 6.92 Å². The van der Waals surface area contributed by atoms with E-state index in [0.717, 1.165) is 25.7 Å². The van der Waals surface area contributed by atoms with Gasteiger partial charge in [-0.25, -0.2) is 13.9 Å². The smallest absolute Gasteiger partial charge is 0.335 e.